The van der Waals surface area contributed by atoms with Crippen LogP contribution in [0.3, 0.4) is 0 Å². The molecular formula is C16H32O8. The van der Waals surface area contributed by atoms with E-state index >= 15 is 0 Å². The van der Waals surface area contributed by atoms with Gasteiger partial charge in [-0.05, 0) is 39.5 Å². The molecule has 0 aromatic carbocycles. The maximum absolute atomic E-state index is 10.2. The summed E-state index contributed by atoms with van der Waals surface area (Å²) in [5.41, 5.74) is 0. The van der Waals surface area contributed by atoms with Crippen LogP contribution in [-0.2, 0) is 18.9 Å². The molecule has 2 rings (SSSR count). The monoisotopic (exact) mass is 352 g/mol. The second-order valence-electron chi connectivity index (χ2n) is 6.55. The van der Waals surface area contributed by atoms with Crippen LogP contribution < -0.4 is 0 Å². The van der Waals surface area contributed by atoms with Crippen molar-refractivity contribution in [3.63, 3.8) is 0 Å². The largest absolute Gasteiger partial charge is 0.362 e. The van der Waals surface area contributed by atoms with Gasteiger partial charge in [-0.15, -0.1) is 0 Å². The molecule has 0 aliphatic carbocycles. The van der Waals surface area contributed by atoms with E-state index in [4.69, 9.17) is 9.47 Å². The zero-order chi connectivity index (χ0) is 18.5. The molecule has 8 nitrogen and oxygen atoms in total. The molecule has 0 bridgehead atoms. The number of hydrogen-bond acceptors (Lipinski definition) is 8. The van der Waals surface area contributed by atoms with Gasteiger partial charge in [-0.25, -0.2) is 0 Å². The van der Waals surface area contributed by atoms with Crippen molar-refractivity contribution in [3.05, 3.63) is 0 Å². The summed E-state index contributed by atoms with van der Waals surface area (Å²) < 4.78 is 19.7. The van der Waals surface area contributed by atoms with Gasteiger partial charge in [0, 0.05) is 27.1 Å². The normalized spacial score (nSPS) is 36.0. The van der Waals surface area contributed by atoms with Gasteiger partial charge in [0.25, 0.3) is 0 Å². The van der Waals surface area contributed by atoms with Gasteiger partial charge < -0.3 is 39.4 Å². The number of rotatable bonds is 4. The van der Waals surface area contributed by atoms with Gasteiger partial charge in [0.05, 0.1) is 13.2 Å². The summed E-state index contributed by atoms with van der Waals surface area (Å²) in [6, 6.07) is 0. The van der Waals surface area contributed by atoms with Crippen LogP contribution in [0.2, 0.25) is 0 Å². The Morgan fingerprint density at radius 1 is 0.750 bits per heavy atom. The van der Waals surface area contributed by atoms with Crippen molar-refractivity contribution in [1.29, 1.82) is 0 Å². The number of aliphatic hydroxyl groups is 4. The number of hydrogen-bond donors (Lipinski definition) is 4. The smallest absolute Gasteiger partial charge is 0.221 e. The van der Waals surface area contributed by atoms with Crippen molar-refractivity contribution >= 4 is 0 Å². The Morgan fingerprint density at radius 3 is 1.29 bits per heavy atom. The first-order chi connectivity index (χ1) is 11.0. The van der Waals surface area contributed by atoms with Crippen molar-refractivity contribution in [3.8, 4) is 0 Å². The van der Waals surface area contributed by atoms with Crippen LogP contribution in [0.25, 0.3) is 0 Å². The fraction of sp³-hybridized carbons (Fsp3) is 1.00. The first kappa shape index (κ1) is 21.7. The summed E-state index contributed by atoms with van der Waals surface area (Å²) in [5.74, 6) is -6.32. The molecule has 2 aliphatic heterocycles. The maximum atomic E-state index is 10.2. The lowest BCUT2D eigenvalue weighted by molar-refractivity contribution is -0.403. The molecule has 0 unspecified atom stereocenters. The van der Waals surface area contributed by atoms with E-state index in [2.05, 4.69) is 9.47 Å². The zero-order valence-corrected chi connectivity index (χ0v) is 15.1. The Balaban J connectivity index is 0.000000257. The third-order valence-corrected chi connectivity index (χ3v) is 4.77. The molecule has 0 amide bonds. The van der Waals surface area contributed by atoms with Crippen LogP contribution in [-0.4, -0.2) is 71.0 Å². The van der Waals surface area contributed by atoms with Crippen LogP contribution in [0.4, 0.5) is 0 Å². The lowest BCUT2D eigenvalue weighted by Crippen LogP contribution is -2.60. The second kappa shape index (κ2) is 8.37. The highest BCUT2D eigenvalue weighted by Crippen LogP contribution is 2.39. The molecule has 0 aromatic rings. The molecule has 0 aromatic heterocycles. The first-order valence-electron chi connectivity index (χ1n) is 8.31. The van der Waals surface area contributed by atoms with E-state index in [1.807, 2.05) is 0 Å². The molecule has 2 fully saturated rings. The van der Waals surface area contributed by atoms with Crippen molar-refractivity contribution in [1.82, 2.24) is 0 Å². The molecule has 0 spiro atoms. The Hall–Kier alpha value is -0.320. The zero-order valence-electron chi connectivity index (χ0n) is 15.1. The fourth-order valence-electron chi connectivity index (χ4n) is 2.55. The van der Waals surface area contributed by atoms with E-state index in [0.717, 1.165) is 25.7 Å². The molecule has 2 heterocycles. The minimum Gasteiger partial charge on any atom is -0.362 e. The third-order valence-electron chi connectivity index (χ3n) is 4.77. The van der Waals surface area contributed by atoms with E-state index in [-0.39, 0.29) is 0 Å². The van der Waals surface area contributed by atoms with Crippen LogP contribution in [0.15, 0.2) is 0 Å². The van der Waals surface area contributed by atoms with Gasteiger partial charge in [-0.2, -0.15) is 0 Å². The minimum atomic E-state index is -1.68. The Bertz CT molecular complexity index is 334. The number of ether oxygens (including phenoxy) is 4. The SMILES string of the molecule is CO[C@](C)(O)[C@@](C)(O)OC.O[C@@]1([C@]2(O)CCCCO2)CCCCO1. The van der Waals surface area contributed by atoms with Gasteiger partial charge in [0.2, 0.25) is 23.1 Å². The Labute approximate surface area is 143 Å². The molecule has 0 radical (unpaired) electrons. The summed E-state index contributed by atoms with van der Waals surface area (Å²) in [5, 5.41) is 38.8. The van der Waals surface area contributed by atoms with E-state index in [1.165, 1.54) is 28.1 Å². The molecule has 4 N–H and O–H groups in total. The summed E-state index contributed by atoms with van der Waals surface area (Å²) in [7, 11) is 2.57. The van der Waals surface area contributed by atoms with E-state index in [9.17, 15) is 20.4 Å². The van der Waals surface area contributed by atoms with Crippen LogP contribution in [0.5, 0.6) is 0 Å². The van der Waals surface area contributed by atoms with Crippen molar-refractivity contribution < 1.29 is 39.4 Å². The average molecular weight is 352 g/mol. The fourth-order valence-corrected chi connectivity index (χ4v) is 2.55. The first-order valence-corrected chi connectivity index (χ1v) is 8.31. The van der Waals surface area contributed by atoms with E-state index < -0.39 is 23.1 Å². The standard InChI is InChI=1S/C10H18O4.C6H14O4/c11-9(5-1-3-7-13-9)10(12)6-2-4-8-14-10;1-5(7,9-3)6(2,8)10-4/h11-12H,1-8H2;7-8H,1-4H3/t9-,10-;5-,6-/m00/s1. The lowest BCUT2D eigenvalue weighted by Gasteiger charge is -2.46. The highest BCUT2D eigenvalue weighted by molar-refractivity contribution is 4.89. The second-order valence-corrected chi connectivity index (χ2v) is 6.55. The maximum Gasteiger partial charge on any atom is 0.221 e. The minimum absolute atomic E-state index is 0.462. The summed E-state index contributed by atoms with van der Waals surface area (Å²) in [6.45, 7) is 3.64. The Kier molecular flexibility index (Phi) is 7.58. The molecule has 2 saturated heterocycles. The predicted molar refractivity (Wildman–Crippen MR) is 84.8 cm³/mol. The predicted octanol–water partition coefficient (Wildman–Crippen LogP) is 0.461. The lowest BCUT2D eigenvalue weighted by atomic mass is 9.91. The van der Waals surface area contributed by atoms with Crippen molar-refractivity contribution in [2.75, 3.05) is 27.4 Å². The number of methoxy groups -OCH3 is 2. The highest BCUT2D eigenvalue weighted by atomic mass is 16.7. The van der Waals surface area contributed by atoms with Crippen molar-refractivity contribution in [2.24, 2.45) is 0 Å². The van der Waals surface area contributed by atoms with Gasteiger partial charge in [0.1, 0.15) is 0 Å². The highest BCUT2D eigenvalue weighted by Gasteiger charge is 2.53. The Morgan fingerprint density at radius 2 is 1.08 bits per heavy atom. The molecule has 24 heavy (non-hydrogen) atoms. The quantitative estimate of drug-likeness (QED) is 0.539. The van der Waals surface area contributed by atoms with Crippen LogP contribution in [0, 0.1) is 0 Å². The molecule has 0 saturated carbocycles. The van der Waals surface area contributed by atoms with Gasteiger partial charge >= 0.3 is 0 Å². The van der Waals surface area contributed by atoms with Gasteiger partial charge in [-0.1, -0.05) is 0 Å². The molecule has 8 heteroatoms. The molecule has 144 valence electrons. The molecule has 4 atom stereocenters. The molecule has 2 aliphatic rings. The molecular weight excluding hydrogens is 320 g/mol. The topological polar surface area (TPSA) is 118 Å². The summed E-state index contributed by atoms with van der Waals surface area (Å²) in [4.78, 5) is 0. The van der Waals surface area contributed by atoms with E-state index in [1.54, 1.807) is 0 Å². The van der Waals surface area contributed by atoms with Crippen LogP contribution in [0.1, 0.15) is 52.4 Å². The van der Waals surface area contributed by atoms with E-state index in [0.29, 0.717) is 26.1 Å². The third kappa shape index (κ3) is 4.86. The van der Waals surface area contributed by atoms with Gasteiger partial charge in [0.15, 0.2) is 0 Å². The summed E-state index contributed by atoms with van der Waals surface area (Å²) in [6.07, 6.45) is 4.56. The van der Waals surface area contributed by atoms with Gasteiger partial charge in [-0.3, -0.25) is 0 Å². The van der Waals surface area contributed by atoms with Crippen molar-refractivity contribution in [2.45, 2.75) is 75.5 Å². The van der Waals surface area contributed by atoms with Crippen LogP contribution >= 0.6 is 0 Å². The summed E-state index contributed by atoms with van der Waals surface area (Å²) >= 11 is 0. The average Bonchev–Trinajstić information content (AvgIpc) is 2.56.